The van der Waals surface area contributed by atoms with E-state index in [0.717, 1.165) is 0 Å². The summed E-state index contributed by atoms with van der Waals surface area (Å²) in [6.45, 7) is 5.28. The zero-order chi connectivity index (χ0) is 14.7. The highest BCUT2D eigenvalue weighted by Crippen LogP contribution is 2.39. The Kier molecular flexibility index (Phi) is 4.74. The minimum Gasteiger partial charge on any atom is -0.444 e. The fourth-order valence-electron chi connectivity index (χ4n) is 1.35. The molecule has 1 rings (SSSR count). The molecule has 0 aliphatic carbocycles. The van der Waals surface area contributed by atoms with Gasteiger partial charge in [0.2, 0.25) is 0 Å². The Bertz CT molecular complexity index is 486. The molecule has 0 bridgehead atoms. The van der Waals surface area contributed by atoms with E-state index in [0.29, 0.717) is 11.3 Å². The van der Waals surface area contributed by atoms with Crippen molar-refractivity contribution in [3.63, 3.8) is 0 Å². The molecule has 0 spiro atoms. The van der Waals surface area contributed by atoms with E-state index in [9.17, 15) is 9.36 Å². The van der Waals surface area contributed by atoms with Crippen LogP contribution in [0.5, 0.6) is 0 Å². The first-order chi connectivity index (χ1) is 8.55. The van der Waals surface area contributed by atoms with Crippen LogP contribution in [0.4, 0.5) is 10.5 Å². The number of ether oxygens (including phenoxy) is 1. The summed E-state index contributed by atoms with van der Waals surface area (Å²) >= 11 is 0. The van der Waals surface area contributed by atoms with E-state index in [2.05, 4.69) is 5.32 Å². The Labute approximate surface area is 111 Å². The lowest BCUT2D eigenvalue weighted by molar-refractivity contribution is 0.0636. The number of benzene rings is 1. The summed E-state index contributed by atoms with van der Waals surface area (Å²) in [5.74, 6) is 0. The SMILES string of the molecule is CC(C)(C)OC(=O)Nc1ccc(CP(=O)(O)O)cc1. The minimum atomic E-state index is -4.07. The predicted octanol–water partition coefficient (Wildman–Crippen LogP) is 2.71. The lowest BCUT2D eigenvalue weighted by atomic mass is 10.2. The minimum absolute atomic E-state index is 0.320. The van der Waals surface area contributed by atoms with E-state index in [4.69, 9.17) is 14.5 Å². The highest BCUT2D eigenvalue weighted by atomic mass is 31.2. The molecule has 0 unspecified atom stereocenters. The van der Waals surface area contributed by atoms with Gasteiger partial charge in [-0.1, -0.05) is 12.1 Å². The zero-order valence-corrected chi connectivity index (χ0v) is 12.0. The number of carbonyl (C=O) groups excluding carboxylic acids is 1. The summed E-state index contributed by atoms with van der Waals surface area (Å²) in [7, 11) is -4.07. The van der Waals surface area contributed by atoms with Crippen LogP contribution in [-0.4, -0.2) is 21.5 Å². The maximum Gasteiger partial charge on any atom is 0.412 e. The van der Waals surface area contributed by atoms with E-state index in [1.54, 1.807) is 45.0 Å². The van der Waals surface area contributed by atoms with E-state index >= 15 is 0 Å². The molecule has 0 aliphatic rings. The normalized spacial score (nSPS) is 12.1. The number of anilines is 1. The Hall–Kier alpha value is -1.36. The average molecular weight is 287 g/mol. The van der Waals surface area contributed by atoms with Gasteiger partial charge >= 0.3 is 13.7 Å². The third-order valence-electron chi connectivity index (χ3n) is 1.99. The molecule has 0 radical (unpaired) electrons. The Morgan fingerprint density at radius 2 is 1.79 bits per heavy atom. The summed E-state index contributed by atoms with van der Waals surface area (Å²) in [5.41, 5.74) is 0.427. The largest absolute Gasteiger partial charge is 0.444 e. The van der Waals surface area contributed by atoms with E-state index in [1.165, 1.54) is 0 Å². The smallest absolute Gasteiger partial charge is 0.412 e. The van der Waals surface area contributed by atoms with Crippen LogP contribution in [0.15, 0.2) is 24.3 Å². The van der Waals surface area contributed by atoms with Gasteiger partial charge in [-0.2, -0.15) is 0 Å². The van der Waals surface area contributed by atoms with Crippen molar-refractivity contribution >= 4 is 19.4 Å². The van der Waals surface area contributed by atoms with Gasteiger partial charge in [0.05, 0.1) is 6.16 Å². The number of nitrogens with one attached hydrogen (secondary N) is 1. The molecular weight excluding hydrogens is 269 g/mol. The molecule has 106 valence electrons. The van der Waals surface area contributed by atoms with Gasteiger partial charge in [-0.3, -0.25) is 9.88 Å². The number of rotatable bonds is 3. The molecule has 0 saturated carbocycles. The van der Waals surface area contributed by atoms with Crippen molar-refractivity contribution in [1.29, 1.82) is 0 Å². The maximum atomic E-state index is 11.5. The Morgan fingerprint density at radius 3 is 2.21 bits per heavy atom. The molecule has 7 heteroatoms. The van der Waals surface area contributed by atoms with Gasteiger partial charge in [0.15, 0.2) is 0 Å². The van der Waals surface area contributed by atoms with Crippen LogP contribution in [-0.2, 0) is 15.5 Å². The molecule has 1 aromatic rings. The van der Waals surface area contributed by atoms with Crippen molar-refractivity contribution in [2.75, 3.05) is 5.32 Å². The molecule has 1 amide bonds. The third-order valence-corrected chi connectivity index (χ3v) is 2.76. The van der Waals surface area contributed by atoms with Crippen LogP contribution in [0.25, 0.3) is 0 Å². The standard InChI is InChI=1S/C12H18NO5P/c1-12(2,3)18-11(14)13-10-6-4-9(5-7-10)8-19(15,16)17/h4-7H,8H2,1-3H3,(H,13,14)(H2,15,16,17). The van der Waals surface area contributed by atoms with Gasteiger partial charge in [0.25, 0.3) is 0 Å². The van der Waals surface area contributed by atoms with Gasteiger partial charge in [0, 0.05) is 5.69 Å². The van der Waals surface area contributed by atoms with Gasteiger partial charge in [-0.05, 0) is 38.5 Å². The molecule has 0 aliphatic heterocycles. The van der Waals surface area contributed by atoms with Crippen molar-refractivity contribution in [3.8, 4) is 0 Å². The first-order valence-corrected chi connectivity index (χ1v) is 7.48. The van der Waals surface area contributed by atoms with Gasteiger partial charge in [0.1, 0.15) is 5.60 Å². The Balaban J connectivity index is 2.62. The van der Waals surface area contributed by atoms with Crippen LogP contribution >= 0.6 is 7.60 Å². The lowest BCUT2D eigenvalue weighted by Gasteiger charge is -2.19. The molecule has 0 aromatic heterocycles. The summed E-state index contributed by atoms with van der Waals surface area (Å²) in [4.78, 5) is 29.2. The average Bonchev–Trinajstić information content (AvgIpc) is 2.15. The summed E-state index contributed by atoms with van der Waals surface area (Å²) in [6.07, 6.45) is -0.894. The molecule has 19 heavy (non-hydrogen) atoms. The second-order valence-electron chi connectivity index (χ2n) is 5.15. The second-order valence-corrected chi connectivity index (χ2v) is 6.79. The monoisotopic (exact) mass is 287 g/mol. The molecule has 0 atom stereocenters. The summed E-state index contributed by atoms with van der Waals surface area (Å²) in [5, 5.41) is 2.53. The molecule has 0 saturated heterocycles. The van der Waals surface area contributed by atoms with E-state index < -0.39 is 19.3 Å². The molecule has 1 aromatic carbocycles. The number of amides is 1. The highest BCUT2D eigenvalue weighted by Gasteiger charge is 2.17. The van der Waals surface area contributed by atoms with Crippen molar-refractivity contribution in [3.05, 3.63) is 29.8 Å². The van der Waals surface area contributed by atoms with Crippen LogP contribution in [0.1, 0.15) is 26.3 Å². The molecule has 0 heterocycles. The van der Waals surface area contributed by atoms with Crippen LogP contribution in [0.2, 0.25) is 0 Å². The highest BCUT2D eigenvalue weighted by molar-refractivity contribution is 7.50. The fourth-order valence-corrected chi connectivity index (χ4v) is 2.04. The number of carbonyl (C=O) groups is 1. The topological polar surface area (TPSA) is 95.9 Å². The number of hydrogen-bond donors (Lipinski definition) is 3. The lowest BCUT2D eigenvalue weighted by Crippen LogP contribution is -2.27. The molecular formula is C12H18NO5P. The molecule has 0 fully saturated rings. The zero-order valence-electron chi connectivity index (χ0n) is 11.1. The van der Waals surface area contributed by atoms with Gasteiger partial charge in [-0.15, -0.1) is 0 Å². The van der Waals surface area contributed by atoms with Crippen LogP contribution < -0.4 is 5.32 Å². The van der Waals surface area contributed by atoms with Crippen molar-refractivity contribution in [2.45, 2.75) is 32.5 Å². The first-order valence-electron chi connectivity index (χ1n) is 5.69. The third kappa shape index (κ3) is 6.96. The Morgan fingerprint density at radius 1 is 1.26 bits per heavy atom. The van der Waals surface area contributed by atoms with Crippen molar-refractivity contribution in [2.24, 2.45) is 0 Å². The predicted molar refractivity (Wildman–Crippen MR) is 72.0 cm³/mol. The van der Waals surface area contributed by atoms with Gasteiger partial charge < -0.3 is 14.5 Å². The quantitative estimate of drug-likeness (QED) is 0.743. The number of hydrogen-bond acceptors (Lipinski definition) is 3. The second kappa shape index (κ2) is 5.74. The maximum absolute atomic E-state index is 11.5. The van der Waals surface area contributed by atoms with E-state index in [1.807, 2.05) is 0 Å². The molecule has 3 N–H and O–H groups in total. The summed E-state index contributed by atoms with van der Waals surface area (Å²) < 4.78 is 15.9. The van der Waals surface area contributed by atoms with Crippen molar-refractivity contribution in [1.82, 2.24) is 0 Å². The molecule has 6 nitrogen and oxygen atoms in total. The van der Waals surface area contributed by atoms with E-state index in [-0.39, 0.29) is 6.16 Å². The van der Waals surface area contributed by atoms with Crippen LogP contribution in [0.3, 0.4) is 0 Å². The van der Waals surface area contributed by atoms with Gasteiger partial charge in [-0.25, -0.2) is 4.79 Å². The first kappa shape index (κ1) is 15.7. The fraction of sp³-hybridized carbons (Fsp3) is 0.417. The van der Waals surface area contributed by atoms with Crippen molar-refractivity contribution < 1.29 is 23.9 Å². The van der Waals surface area contributed by atoms with Crippen LogP contribution in [0, 0.1) is 0 Å². The summed E-state index contributed by atoms with van der Waals surface area (Å²) in [6, 6.07) is 6.22.